The maximum atomic E-state index is 12.6. The first kappa shape index (κ1) is 15.5. The first-order valence-electron chi connectivity index (χ1n) is 7.15. The molecule has 0 aliphatic heterocycles. The number of amides is 1. The highest BCUT2D eigenvalue weighted by atomic mass is 79.9. The van der Waals surface area contributed by atoms with Crippen molar-refractivity contribution >= 4 is 27.5 Å². The lowest BCUT2D eigenvalue weighted by Gasteiger charge is -2.06. The van der Waals surface area contributed by atoms with Gasteiger partial charge in [0.15, 0.2) is 0 Å². The number of nitrogens with zero attached hydrogens (tertiary/aromatic N) is 1. The van der Waals surface area contributed by atoms with Gasteiger partial charge in [-0.15, -0.1) is 0 Å². The van der Waals surface area contributed by atoms with E-state index in [0.29, 0.717) is 17.0 Å². The van der Waals surface area contributed by atoms with E-state index in [1.54, 1.807) is 6.92 Å². The summed E-state index contributed by atoms with van der Waals surface area (Å²) in [7, 11) is 0. The lowest BCUT2D eigenvalue weighted by Crippen LogP contribution is -2.13. The lowest BCUT2D eigenvalue weighted by molar-refractivity contribution is 0.102. The van der Waals surface area contributed by atoms with Crippen molar-refractivity contribution in [3.8, 4) is 11.3 Å². The monoisotopic (exact) mass is 370 g/mol. The zero-order chi connectivity index (χ0) is 16.4. The van der Waals surface area contributed by atoms with Crippen LogP contribution in [0, 0.1) is 13.8 Å². The smallest absolute Gasteiger partial charge is 0.261 e. The van der Waals surface area contributed by atoms with Gasteiger partial charge in [-0.3, -0.25) is 4.79 Å². The van der Waals surface area contributed by atoms with E-state index in [2.05, 4.69) is 26.4 Å². The van der Waals surface area contributed by atoms with Crippen LogP contribution in [0.1, 0.15) is 21.7 Å². The van der Waals surface area contributed by atoms with Gasteiger partial charge in [0.25, 0.3) is 5.91 Å². The van der Waals surface area contributed by atoms with E-state index in [1.807, 2.05) is 55.5 Å². The van der Waals surface area contributed by atoms with Crippen LogP contribution in [0.4, 0.5) is 5.69 Å². The van der Waals surface area contributed by atoms with Crippen LogP contribution < -0.4 is 5.32 Å². The van der Waals surface area contributed by atoms with Crippen molar-refractivity contribution in [3.05, 3.63) is 69.9 Å². The topological polar surface area (TPSA) is 55.1 Å². The molecule has 0 saturated heterocycles. The Labute approximate surface area is 142 Å². The Kier molecular flexibility index (Phi) is 4.30. The van der Waals surface area contributed by atoms with Gasteiger partial charge in [0.05, 0.1) is 0 Å². The molecule has 4 nitrogen and oxygen atoms in total. The maximum Gasteiger partial charge on any atom is 0.261 e. The number of benzene rings is 2. The van der Waals surface area contributed by atoms with Crippen LogP contribution in [-0.2, 0) is 0 Å². The molecule has 1 aromatic heterocycles. The fraction of sp³-hybridized carbons (Fsp3) is 0.111. The largest absolute Gasteiger partial charge is 0.360 e. The van der Waals surface area contributed by atoms with E-state index in [1.165, 1.54) is 0 Å². The maximum absolute atomic E-state index is 12.6. The van der Waals surface area contributed by atoms with E-state index >= 15 is 0 Å². The number of aryl methyl sites for hydroxylation is 2. The van der Waals surface area contributed by atoms with Crippen molar-refractivity contribution < 1.29 is 9.32 Å². The van der Waals surface area contributed by atoms with Gasteiger partial charge in [0.1, 0.15) is 17.0 Å². The number of halogens is 1. The van der Waals surface area contributed by atoms with E-state index in [0.717, 1.165) is 21.3 Å². The van der Waals surface area contributed by atoms with Crippen molar-refractivity contribution in [2.45, 2.75) is 13.8 Å². The second kappa shape index (κ2) is 6.38. The molecule has 1 N–H and O–H groups in total. The van der Waals surface area contributed by atoms with Crippen molar-refractivity contribution in [2.75, 3.05) is 5.32 Å². The SMILES string of the molecule is Cc1ccc(NC(=O)c2c(-c3cccc(Br)c3)noc2C)cc1. The molecule has 1 heterocycles. The van der Waals surface area contributed by atoms with Gasteiger partial charge >= 0.3 is 0 Å². The van der Waals surface area contributed by atoms with Crippen molar-refractivity contribution in [1.29, 1.82) is 0 Å². The Hall–Kier alpha value is -2.40. The minimum absolute atomic E-state index is 0.234. The first-order chi connectivity index (χ1) is 11.0. The quantitative estimate of drug-likeness (QED) is 0.707. The lowest BCUT2D eigenvalue weighted by atomic mass is 10.1. The summed E-state index contributed by atoms with van der Waals surface area (Å²) in [6.45, 7) is 3.74. The number of carbonyl (C=O) groups excluding carboxylic acids is 1. The van der Waals surface area contributed by atoms with Crippen molar-refractivity contribution in [2.24, 2.45) is 0 Å². The van der Waals surface area contributed by atoms with Crippen LogP contribution in [0.3, 0.4) is 0 Å². The Balaban J connectivity index is 1.95. The van der Waals surface area contributed by atoms with Crippen LogP contribution in [0.15, 0.2) is 57.5 Å². The molecule has 3 rings (SSSR count). The highest BCUT2D eigenvalue weighted by Crippen LogP contribution is 2.28. The van der Waals surface area contributed by atoms with Crippen molar-refractivity contribution in [1.82, 2.24) is 5.16 Å². The van der Waals surface area contributed by atoms with Gasteiger partial charge in [0.2, 0.25) is 0 Å². The fourth-order valence-corrected chi connectivity index (χ4v) is 2.70. The molecule has 0 bridgehead atoms. The highest BCUT2D eigenvalue weighted by Gasteiger charge is 2.21. The number of hydrogen-bond acceptors (Lipinski definition) is 3. The minimum atomic E-state index is -0.234. The van der Waals surface area contributed by atoms with E-state index in [9.17, 15) is 4.79 Å². The average molecular weight is 371 g/mol. The van der Waals surface area contributed by atoms with Gasteiger partial charge in [-0.1, -0.05) is 50.9 Å². The summed E-state index contributed by atoms with van der Waals surface area (Å²) < 4.78 is 6.16. The molecule has 0 radical (unpaired) electrons. The standard InChI is InChI=1S/C18H15BrN2O2/c1-11-6-8-15(9-7-11)20-18(22)16-12(2)23-21-17(16)13-4-3-5-14(19)10-13/h3-10H,1-2H3,(H,20,22). The van der Waals surface area contributed by atoms with Crippen LogP contribution in [0.5, 0.6) is 0 Å². The van der Waals surface area contributed by atoms with Crippen LogP contribution in [0.2, 0.25) is 0 Å². The molecule has 0 aliphatic carbocycles. The third kappa shape index (κ3) is 3.35. The fourth-order valence-electron chi connectivity index (χ4n) is 2.30. The summed E-state index contributed by atoms with van der Waals surface area (Å²) in [6, 6.07) is 15.2. The number of rotatable bonds is 3. The summed E-state index contributed by atoms with van der Waals surface area (Å²) in [5, 5.41) is 6.93. The Bertz CT molecular complexity index is 854. The molecule has 0 fully saturated rings. The number of anilines is 1. The number of nitrogens with one attached hydrogen (secondary N) is 1. The van der Waals surface area contributed by atoms with Crippen LogP contribution in [0.25, 0.3) is 11.3 Å². The minimum Gasteiger partial charge on any atom is -0.360 e. The summed E-state index contributed by atoms with van der Waals surface area (Å²) >= 11 is 3.43. The summed E-state index contributed by atoms with van der Waals surface area (Å²) in [4.78, 5) is 12.6. The number of hydrogen-bond donors (Lipinski definition) is 1. The van der Waals surface area contributed by atoms with Crippen LogP contribution in [-0.4, -0.2) is 11.1 Å². The van der Waals surface area contributed by atoms with Gasteiger partial charge < -0.3 is 9.84 Å². The zero-order valence-electron chi connectivity index (χ0n) is 12.8. The first-order valence-corrected chi connectivity index (χ1v) is 7.94. The van der Waals surface area contributed by atoms with E-state index in [-0.39, 0.29) is 5.91 Å². The predicted molar refractivity (Wildman–Crippen MR) is 93.5 cm³/mol. The number of aromatic nitrogens is 1. The Morgan fingerprint density at radius 1 is 1.13 bits per heavy atom. The molecule has 23 heavy (non-hydrogen) atoms. The molecule has 1 amide bonds. The molecule has 0 spiro atoms. The van der Waals surface area contributed by atoms with Gasteiger partial charge in [0, 0.05) is 15.7 Å². The molecule has 5 heteroatoms. The normalized spacial score (nSPS) is 10.6. The Morgan fingerprint density at radius 2 is 1.87 bits per heavy atom. The molecular weight excluding hydrogens is 356 g/mol. The van der Waals surface area contributed by atoms with Gasteiger partial charge in [-0.25, -0.2) is 0 Å². The molecule has 116 valence electrons. The van der Waals surface area contributed by atoms with Gasteiger partial charge in [-0.05, 0) is 38.1 Å². The number of carbonyl (C=O) groups is 1. The van der Waals surface area contributed by atoms with Gasteiger partial charge in [-0.2, -0.15) is 0 Å². The zero-order valence-corrected chi connectivity index (χ0v) is 14.3. The molecule has 0 atom stereocenters. The molecule has 0 unspecified atom stereocenters. The Morgan fingerprint density at radius 3 is 2.57 bits per heavy atom. The third-order valence-electron chi connectivity index (χ3n) is 3.50. The van der Waals surface area contributed by atoms with Crippen LogP contribution >= 0.6 is 15.9 Å². The van der Waals surface area contributed by atoms with Crippen molar-refractivity contribution in [3.63, 3.8) is 0 Å². The highest BCUT2D eigenvalue weighted by molar-refractivity contribution is 9.10. The summed E-state index contributed by atoms with van der Waals surface area (Å²) in [6.07, 6.45) is 0. The molecule has 3 aromatic rings. The predicted octanol–water partition coefficient (Wildman–Crippen LogP) is 4.97. The second-order valence-corrected chi connectivity index (χ2v) is 6.21. The van der Waals surface area contributed by atoms with E-state index < -0.39 is 0 Å². The van der Waals surface area contributed by atoms with E-state index in [4.69, 9.17) is 4.52 Å². The summed E-state index contributed by atoms with van der Waals surface area (Å²) in [5.74, 6) is 0.257. The second-order valence-electron chi connectivity index (χ2n) is 5.29. The molecule has 0 saturated carbocycles. The molecular formula is C18H15BrN2O2. The summed E-state index contributed by atoms with van der Waals surface area (Å²) in [5.41, 5.74) is 3.68. The third-order valence-corrected chi connectivity index (χ3v) is 3.99. The molecule has 0 aliphatic rings. The average Bonchev–Trinajstić information content (AvgIpc) is 2.91. The molecule has 2 aromatic carbocycles.